The summed E-state index contributed by atoms with van der Waals surface area (Å²) in [5, 5.41) is 3.85. The summed E-state index contributed by atoms with van der Waals surface area (Å²) in [5.74, 6) is 0.444. The first-order valence-corrected chi connectivity index (χ1v) is 5.53. The van der Waals surface area contributed by atoms with Gasteiger partial charge in [0.2, 0.25) is 0 Å². The van der Waals surface area contributed by atoms with Crippen LogP contribution in [0.3, 0.4) is 0 Å². The molecule has 0 amide bonds. The van der Waals surface area contributed by atoms with E-state index in [0.717, 1.165) is 16.5 Å². The molecule has 4 heteroatoms. The van der Waals surface area contributed by atoms with Crippen LogP contribution in [0.5, 0.6) is 0 Å². The Morgan fingerprint density at radius 1 is 1.44 bits per heavy atom. The maximum absolute atomic E-state index is 12.0. The van der Waals surface area contributed by atoms with E-state index < -0.39 is 0 Å². The fraction of sp³-hybridized carbons (Fsp3) is 0.417. The molecule has 16 heavy (non-hydrogen) atoms. The smallest absolute Gasteiger partial charge is 0.274 e. The lowest BCUT2D eigenvalue weighted by Crippen LogP contribution is -2.19. The lowest BCUT2D eigenvalue weighted by Gasteiger charge is -2.03. The monoisotopic (exact) mass is 219 g/mol. The molecular weight excluding hydrogens is 202 g/mol. The Balaban J connectivity index is 2.54. The van der Waals surface area contributed by atoms with Crippen LogP contribution in [0.15, 0.2) is 23.0 Å². The zero-order valence-electron chi connectivity index (χ0n) is 9.66. The molecule has 0 bridgehead atoms. The van der Waals surface area contributed by atoms with E-state index in [0.29, 0.717) is 19.0 Å². The van der Waals surface area contributed by atoms with E-state index in [2.05, 4.69) is 18.9 Å². The van der Waals surface area contributed by atoms with Crippen molar-refractivity contribution in [2.75, 3.05) is 0 Å². The highest BCUT2D eigenvalue weighted by Gasteiger charge is 2.07. The summed E-state index contributed by atoms with van der Waals surface area (Å²) in [6.45, 7) is 5.38. The number of benzene rings is 1. The van der Waals surface area contributed by atoms with Gasteiger partial charge in [-0.25, -0.2) is 0 Å². The Morgan fingerprint density at radius 3 is 2.81 bits per heavy atom. The van der Waals surface area contributed by atoms with Crippen molar-refractivity contribution in [2.45, 2.75) is 26.9 Å². The molecule has 1 heterocycles. The van der Waals surface area contributed by atoms with E-state index in [1.54, 1.807) is 4.68 Å². The molecule has 0 fully saturated rings. The van der Waals surface area contributed by atoms with Crippen LogP contribution in [0.25, 0.3) is 10.9 Å². The average molecular weight is 219 g/mol. The molecule has 86 valence electrons. The van der Waals surface area contributed by atoms with E-state index in [1.807, 2.05) is 18.2 Å². The number of hydrogen-bond donors (Lipinski definition) is 2. The van der Waals surface area contributed by atoms with Crippen molar-refractivity contribution in [3.63, 3.8) is 0 Å². The van der Waals surface area contributed by atoms with Gasteiger partial charge in [0.05, 0.1) is 10.9 Å². The first kappa shape index (κ1) is 11.0. The minimum Gasteiger partial charge on any atom is -0.326 e. The van der Waals surface area contributed by atoms with Crippen LogP contribution in [-0.4, -0.2) is 9.78 Å². The summed E-state index contributed by atoms with van der Waals surface area (Å²) in [7, 11) is 0. The van der Waals surface area contributed by atoms with Crippen LogP contribution in [0.1, 0.15) is 19.4 Å². The predicted molar refractivity (Wildman–Crippen MR) is 65.3 cm³/mol. The van der Waals surface area contributed by atoms with Gasteiger partial charge >= 0.3 is 0 Å². The molecule has 4 nitrogen and oxygen atoms in total. The molecule has 0 saturated carbocycles. The van der Waals surface area contributed by atoms with Gasteiger partial charge in [-0.2, -0.15) is 0 Å². The Hall–Kier alpha value is -1.55. The minimum atomic E-state index is 0.0484. The molecular formula is C12H17N3O. The van der Waals surface area contributed by atoms with Crippen molar-refractivity contribution in [1.29, 1.82) is 0 Å². The lowest BCUT2D eigenvalue weighted by atomic mass is 10.2. The minimum absolute atomic E-state index is 0.0484. The molecule has 0 saturated heterocycles. The van der Waals surface area contributed by atoms with Crippen molar-refractivity contribution >= 4 is 10.9 Å². The largest absolute Gasteiger partial charge is 0.326 e. The van der Waals surface area contributed by atoms with Gasteiger partial charge in [0.1, 0.15) is 0 Å². The van der Waals surface area contributed by atoms with Gasteiger partial charge in [0, 0.05) is 13.1 Å². The van der Waals surface area contributed by atoms with Gasteiger partial charge in [-0.1, -0.05) is 19.9 Å². The number of nitrogens with one attached hydrogen (secondary N) is 1. The van der Waals surface area contributed by atoms with E-state index in [-0.39, 0.29) is 5.56 Å². The molecule has 0 aliphatic rings. The number of rotatable bonds is 3. The van der Waals surface area contributed by atoms with Crippen LogP contribution in [0.4, 0.5) is 0 Å². The van der Waals surface area contributed by atoms with Gasteiger partial charge in [-0.3, -0.25) is 14.6 Å². The molecule has 3 N–H and O–H groups in total. The quantitative estimate of drug-likeness (QED) is 0.820. The molecule has 2 rings (SSSR count). The number of nitrogens with zero attached hydrogens (tertiary/aromatic N) is 1. The van der Waals surface area contributed by atoms with Crippen LogP contribution < -0.4 is 11.3 Å². The summed E-state index contributed by atoms with van der Waals surface area (Å²) in [4.78, 5) is 12.0. The number of aromatic nitrogens is 2. The Kier molecular flexibility index (Phi) is 2.83. The molecule has 1 aromatic carbocycles. The van der Waals surface area contributed by atoms with Gasteiger partial charge in [0.25, 0.3) is 5.56 Å². The first-order valence-electron chi connectivity index (χ1n) is 5.53. The van der Waals surface area contributed by atoms with Crippen LogP contribution in [0, 0.1) is 5.92 Å². The summed E-state index contributed by atoms with van der Waals surface area (Å²) in [6, 6.07) is 5.68. The molecule has 0 spiro atoms. The predicted octanol–water partition coefficient (Wildman–Crippen LogP) is 1.44. The zero-order valence-corrected chi connectivity index (χ0v) is 9.66. The van der Waals surface area contributed by atoms with Crippen LogP contribution >= 0.6 is 0 Å². The van der Waals surface area contributed by atoms with Crippen molar-refractivity contribution in [3.05, 3.63) is 34.1 Å². The van der Waals surface area contributed by atoms with Crippen LogP contribution in [0.2, 0.25) is 0 Å². The third kappa shape index (κ3) is 1.88. The van der Waals surface area contributed by atoms with E-state index in [4.69, 9.17) is 5.73 Å². The fourth-order valence-corrected chi connectivity index (χ4v) is 1.83. The Morgan fingerprint density at radius 2 is 2.19 bits per heavy atom. The third-order valence-corrected chi connectivity index (χ3v) is 2.60. The summed E-state index contributed by atoms with van der Waals surface area (Å²) >= 11 is 0. The van der Waals surface area contributed by atoms with Crippen molar-refractivity contribution in [1.82, 2.24) is 9.78 Å². The number of hydrogen-bond acceptors (Lipinski definition) is 2. The number of H-pyrrole nitrogens is 1. The van der Waals surface area contributed by atoms with Crippen LogP contribution in [-0.2, 0) is 13.1 Å². The topological polar surface area (TPSA) is 63.8 Å². The molecule has 0 aliphatic heterocycles. The molecule has 2 aromatic rings. The van der Waals surface area contributed by atoms with Gasteiger partial charge in [-0.05, 0) is 23.6 Å². The van der Waals surface area contributed by atoms with Gasteiger partial charge < -0.3 is 5.73 Å². The van der Waals surface area contributed by atoms with Gasteiger partial charge in [-0.15, -0.1) is 0 Å². The second kappa shape index (κ2) is 4.14. The Labute approximate surface area is 94.0 Å². The highest BCUT2D eigenvalue weighted by molar-refractivity contribution is 5.78. The lowest BCUT2D eigenvalue weighted by molar-refractivity contribution is 0.476. The number of nitrogens with two attached hydrogens (primary N) is 1. The first-order chi connectivity index (χ1) is 7.61. The number of aromatic amines is 1. The van der Waals surface area contributed by atoms with E-state index in [9.17, 15) is 4.79 Å². The maximum Gasteiger partial charge on any atom is 0.274 e. The molecule has 0 aliphatic carbocycles. The van der Waals surface area contributed by atoms with Crippen molar-refractivity contribution in [2.24, 2.45) is 11.7 Å². The highest BCUT2D eigenvalue weighted by atomic mass is 16.1. The normalized spacial score (nSPS) is 11.5. The zero-order chi connectivity index (χ0) is 11.7. The third-order valence-electron chi connectivity index (χ3n) is 2.60. The summed E-state index contributed by atoms with van der Waals surface area (Å²) < 4.78 is 1.66. The van der Waals surface area contributed by atoms with E-state index >= 15 is 0 Å². The molecule has 0 atom stereocenters. The fourth-order valence-electron chi connectivity index (χ4n) is 1.83. The summed E-state index contributed by atoms with van der Waals surface area (Å²) in [5.41, 5.74) is 7.52. The second-order valence-electron chi connectivity index (χ2n) is 4.51. The Bertz CT molecular complexity index is 551. The maximum atomic E-state index is 12.0. The second-order valence-corrected chi connectivity index (χ2v) is 4.51. The molecule has 0 unspecified atom stereocenters. The van der Waals surface area contributed by atoms with E-state index in [1.165, 1.54) is 0 Å². The highest BCUT2D eigenvalue weighted by Crippen LogP contribution is 2.11. The standard InChI is InChI=1S/C12H17N3O/c1-8(2)7-15-12(16)10-4-3-9(6-13)5-11(10)14-15/h3-5,8,14H,6-7,13H2,1-2H3. The average Bonchev–Trinajstić information content (AvgIpc) is 2.54. The number of fused-ring (bicyclic) bond motifs is 1. The van der Waals surface area contributed by atoms with Gasteiger partial charge in [0.15, 0.2) is 0 Å². The van der Waals surface area contributed by atoms with Crippen molar-refractivity contribution < 1.29 is 0 Å². The SMILES string of the molecule is CC(C)Cn1[nH]c2cc(CN)ccc2c1=O. The van der Waals surface area contributed by atoms with Crippen molar-refractivity contribution in [3.8, 4) is 0 Å². The molecule has 0 radical (unpaired) electrons. The molecule has 1 aromatic heterocycles. The summed E-state index contributed by atoms with van der Waals surface area (Å²) in [6.07, 6.45) is 0.